The fraction of sp³-hybridized carbons (Fsp3) is 0.471. The van der Waals surface area contributed by atoms with Crippen molar-refractivity contribution >= 4 is 12.0 Å². The van der Waals surface area contributed by atoms with Gasteiger partial charge in [0.05, 0.1) is 19.3 Å². The smallest absolute Gasteiger partial charge is 0.336 e. The molecule has 1 aromatic carbocycles. The molecule has 0 aliphatic heterocycles. The highest BCUT2D eigenvalue weighted by molar-refractivity contribution is 5.93. The molecule has 0 bridgehead atoms. The molecule has 20 heavy (non-hydrogen) atoms. The molecular formula is C17H24O3. The van der Waals surface area contributed by atoms with Crippen molar-refractivity contribution in [3.63, 3.8) is 0 Å². The van der Waals surface area contributed by atoms with Gasteiger partial charge in [-0.05, 0) is 18.1 Å². The molecule has 0 amide bonds. The zero-order valence-electron chi connectivity index (χ0n) is 12.4. The van der Waals surface area contributed by atoms with Gasteiger partial charge >= 0.3 is 5.97 Å². The first kappa shape index (κ1) is 16.4. The van der Waals surface area contributed by atoms with Crippen LogP contribution in [0.4, 0.5) is 0 Å². The molecule has 110 valence electrons. The van der Waals surface area contributed by atoms with Crippen LogP contribution in [0.1, 0.15) is 38.2 Å². The molecular weight excluding hydrogens is 252 g/mol. The van der Waals surface area contributed by atoms with Crippen molar-refractivity contribution in [1.82, 2.24) is 0 Å². The number of rotatable bonds is 9. The van der Waals surface area contributed by atoms with Gasteiger partial charge in [0, 0.05) is 6.61 Å². The summed E-state index contributed by atoms with van der Waals surface area (Å²) >= 11 is 0. The van der Waals surface area contributed by atoms with Crippen molar-refractivity contribution < 1.29 is 14.3 Å². The highest BCUT2D eigenvalue weighted by Gasteiger charge is 2.09. The van der Waals surface area contributed by atoms with Crippen LogP contribution in [0, 0.1) is 0 Å². The molecule has 0 saturated heterocycles. The highest BCUT2D eigenvalue weighted by Crippen LogP contribution is 2.09. The standard InChI is InChI=1S/C17H24O3/c1-3-4-5-9-12-20-14-16(17(18)19-2)13-15-10-7-6-8-11-15/h6-8,10-11,13H,3-5,9,12,14H2,1-2H3. The molecule has 0 atom stereocenters. The topological polar surface area (TPSA) is 35.5 Å². The Morgan fingerprint density at radius 3 is 2.55 bits per heavy atom. The number of benzene rings is 1. The third kappa shape index (κ3) is 6.53. The van der Waals surface area contributed by atoms with Gasteiger partial charge in [-0.15, -0.1) is 0 Å². The SMILES string of the molecule is CCCCCCOCC(=Cc1ccccc1)C(=O)OC. The van der Waals surface area contributed by atoms with E-state index in [1.54, 1.807) is 0 Å². The molecule has 3 heteroatoms. The summed E-state index contributed by atoms with van der Waals surface area (Å²) in [6.07, 6.45) is 6.46. The number of carbonyl (C=O) groups is 1. The lowest BCUT2D eigenvalue weighted by atomic mass is 10.1. The number of carbonyl (C=O) groups excluding carboxylic acids is 1. The minimum absolute atomic E-state index is 0.299. The zero-order chi connectivity index (χ0) is 14.6. The molecule has 0 unspecified atom stereocenters. The van der Waals surface area contributed by atoms with E-state index in [0.29, 0.717) is 18.8 Å². The van der Waals surface area contributed by atoms with Crippen LogP contribution in [-0.2, 0) is 14.3 Å². The highest BCUT2D eigenvalue weighted by atomic mass is 16.5. The van der Waals surface area contributed by atoms with E-state index in [-0.39, 0.29) is 5.97 Å². The first-order chi connectivity index (χ1) is 9.77. The number of ether oxygens (including phenoxy) is 2. The Bertz CT molecular complexity index is 410. The van der Waals surface area contributed by atoms with Crippen molar-refractivity contribution in [2.45, 2.75) is 32.6 Å². The maximum absolute atomic E-state index is 11.7. The first-order valence-electron chi connectivity index (χ1n) is 7.19. The Balaban J connectivity index is 2.49. The van der Waals surface area contributed by atoms with Gasteiger partial charge in [0.2, 0.25) is 0 Å². The molecule has 0 radical (unpaired) electrons. The summed E-state index contributed by atoms with van der Waals surface area (Å²) in [5.41, 5.74) is 1.52. The van der Waals surface area contributed by atoms with Gasteiger partial charge in [-0.25, -0.2) is 4.79 Å². The average Bonchev–Trinajstić information content (AvgIpc) is 2.49. The number of methoxy groups -OCH3 is 1. The van der Waals surface area contributed by atoms with Crippen LogP contribution in [0.2, 0.25) is 0 Å². The summed E-state index contributed by atoms with van der Waals surface area (Å²) in [6.45, 7) is 3.16. The summed E-state index contributed by atoms with van der Waals surface area (Å²) < 4.78 is 10.4. The van der Waals surface area contributed by atoms with E-state index in [1.807, 2.05) is 36.4 Å². The lowest BCUT2D eigenvalue weighted by molar-refractivity contribution is -0.136. The fourth-order valence-electron chi connectivity index (χ4n) is 1.85. The normalized spacial score (nSPS) is 11.4. The van der Waals surface area contributed by atoms with Gasteiger partial charge in [0.1, 0.15) is 0 Å². The molecule has 0 fully saturated rings. The Labute approximate surface area is 121 Å². The lowest BCUT2D eigenvalue weighted by Gasteiger charge is -2.07. The van der Waals surface area contributed by atoms with Crippen molar-refractivity contribution in [2.75, 3.05) is 20.3 Å². The molecule has 0 heterocycles. The van der Waals surface area contributed by atoms with Gasteiger partial charge in [-0.2, -0.15) is 0 Å². The van der Waals surface area contributed by atoms with Gasteiger partial charge in [-0.1, -0.05) is 56.5 Å². The van der Waals surface area contributed by atoms with Crippen LogP contribution in [0.15, 0.2) is 35.9 Å². The molecule has 1 aromatic rings. The summed E-state index contributed by atoms with van der Waals surface area (Å²) in [5, 5.41) is 0. The van der Waals surface area contributed by atoms with E-state index in [9.17, 15) is 4.79 Å². The molecule has 0 saturated carbocycles. The Morgan fingerprint density at radius 1 is 1.15 bits per heavy atom. The molecule has 1 rings (SSSR count). The summed E-state index contributed by atoms with van der Waals surface area (Å²) in [7, 11) is 1.39. The van der Waals surface area contributed by atoms with Crippen molar-refractivity contribution in [2.24, 2.45) is 0 Å². The maximum atomic E-state index is 11.7. The quantitative estimate of drug-likeness (QED) is 0.390. The fourth-order valence-corrected chi connectivity index (χ4v) is 1.85. The van der Waals surface area contributed by atoms with Crippen LogP contribution >= 0.6 is 0 Å². The monoisotopic (exact) mass is 276 g/mol. The largest absolute Gasteiger partial charge is 0.466 e. The van der Waals surface area contributed by atoms with Crippen LogP contribution in [0.3, 0.4) is 0 Å². The Hall–Kier alpha value is -1.61. The van der Waals surface area contributed by atoms with E-state index in [0.717, 1.165) is 12.0 Å². The molecule has 0 aliphatic rings. The molecule has 0 aliphatic carbocycles. The lowest BCUT2D eigenvalue weighted by Crippen LogP contribution is -2.11. The van der Waals surface area contributed by atoms with Crippen molar-refractivity contribution in [1.29, 1.82) is 0 Å². The predicted octanol–water partition coefficient (Wildman–Crippen LogP) is 3.84. The van der Waals surface area contributed by atoms with Crippen LogP contribution < -0.4 is 0 Å². The third-order valence-electron chi connectivity index (χ3n) is 2.99. The summed E-state index contributed by atoms with van der Waals surface area (Å²) in [5.74, 6) is -0.331. The Morgan fingerprint density at radius 2 is 1.90 bits per heavy atom. The number of hydrogen-bond acceptors (Lipinski definition) is 3. The summed E-state index contributed by atoms with van der Waals surface area (Å²) in [6, 6.07) is 9.71. The van der Waals surface area contributed by atoms with Gasteiger partial charge in [-0.3, -0.25) is 0 Å². The second-order valence-electron chi connectivity index (χ2n) is 4.69. The Kier molecular flexibility index (Phi) is 8.40. The molecule has 0 spiro atoms. The first-order valence-corrected chi connectivity index (χ1v) is 7.19. The minimum atomic E-state index is -0.331. The van der Waals surface area contributed by atoms with Crippen molar-refractivity contribution in [3.05, 3.63) is 41.5 Å². The van der Waals surface area contributed by atoms with Gasteiger partial charge < -0.3 is 9.47 Å². The van der Waals surface area contributed by atoms with Gasteiger partial charge in [0.15, 0.2) is 0 Å². The minimum Gasteiger partial charge on any atom is -0.466 e. The number of esters is 1. The predicted molar refractivity (Wildman–Crippen MR) is 81.4 cm³/mol. The molecule has 3 nitrogen and oxygen atoms in total. The second-order valence-corrected chi connectivity index (χ2v) is 4.69. The maximum Gasteiger partial charge on any atom is 0.336 e. The molecule has 0 aromatic heterocycles. The third-order valence-corrected chi connectivity index (χ3v) is 2.99. The van der Waals surface area contributed by atoms with Crippen molar-refractivity contribution in [3.8, 4) is 0 Å². The second kappa shape index (κ2) is 10.2. The number of unbranched alkanes of at least 4 members (excludes halogenated alkanes) is 3. The zero-order valence-corrected chi connectivity index (χ0v) is 12.4. The van der Waals surface area contributed by atoms with E-state index in [2.05, 4.69) is 6.92 Å². The van der Waals surface area contributed by atoms with Crippen LogP contribution in [-0.4, -0.2) is 26.3 Å². The van der Waals surface area contributed by atoms with E-state index in [4.69, 9.17) is 9.47 Å². The van der Waals surface area contributed by atoms with Gasteiger partial charge in [0.25, 0.3) is 0 Å². The average molecular weight is 276 g/mol. The molecule has 0 N–H and O–H groups in total. The van der Waals surface area contributed by atoms with E-state index >= 15 is 0 Å². The van der Waals surface area contributed by atoms with Crippen LogP contribution in [0.5, 0.6) is 0 Å². The summed E-state index contributed by atoms with van der Waals surface area (Å²) in [4.78, 5) is 11.7. The van der Waals surface area contributed by atoms with E-state index in [1.165, 1.54) is 26.4 Å². The van der Waals surface area contributed by atoms with Crippen LogP contribution in [0.25, 0.3) is 6.08 Å². The number of hydrogen-bond donors (Lipinski definition) is 0. The van der Waals surface area contributed by atoms with E-state index < -0.39 is 0 Å².